The van der Waals surface area contributed by atoms with Crippen molar-refractivity contribution in [3.63, 3.8) is 0 Å². The number of nitrogens with one attached hydrogen (secondary N) is 4. The summed E-state index contributed by atoms with van der Waals surface area (Å²) in [5, 5.41) is 24.6. The van der Waals surface area contributed by atoms with Gasteiger partial charge in [-0.1, -0.05) is 6.07 Å². The molecule has 3 heterocycles. The van der Waals surface area contributed by atoms with Crippen molar-refractivity contribution in [2.24, 2.45) is 5.92 Å². The quantitative estimate of drug-likeness (QED) is 0.399. The van der Waals surface area contributed by atoms with Crippen molar-refractivity contribution in [2.75, 3.05) is 37.9 Å². The van der Waals surface area contributed by atoms with Gasteiger partial charge in [0.2, 0.25) is 5.91 Å². The van der Waals surface area contributed by atoms with Crippen LogP contribution >= 0.6 is 0 Å². The molecule has 11 heteroatoms. The third-order valence-electron chi connectivity index (χ3n) is 5.94. The van der Waals surface area contributed by atoms with Crippen LogP contribution in [-0.2, 0) is 4.79 Å². The molecule has 1 saturated carbocycles. The topological polar surface area (TPSA) is 135 Å². The summed E-state index contributed by atoms with van der Waals surface area (Å²) < 4.78 is 7.70. The van der Waals surface area contributed by atoms with Crippen molar-refractivity contribution in [1.29, 1.82) is 0 Å². The van der Waals surface area contributed by atoms with E-state index in [0.29, 0.717) is 23.2 Å². The number of amides is 2. The second kappa shape index (κ2) is 9.10. The van der Waals surface area contributed by atoms with E-state index in [1.54, 1.807) is 13.2 Å². The number of carbonyl (C=O) groups is 2. The van der Waals surface area contributed by atoms with Crippen LogP contribution < -0.4 is 26.0 Å². The van der Waals surface area contributed by atoms with Gasteiger partial charge in [-0.2, -0.15) is 5.10 Å². The Morgan fingerprint density at radius 3 is 2.65 bits per heavy atom. The number of carbonyl (C=O) groups excluding carboxylic acids is 2. The van der Waals surface area contributed by atoms with Crippen LogP contribution in [0.4, 0.5) is 17.2 Å². The fourth-order valence-corrected chi connectivity index (χ4v) is 3.76. The van der Waals surface area contributed by atoms with Gasteiger partial charge in [-0.15, -0.1) is 10.2 Å². The first-order valence-electron chi connectivity index (χ1n) is 11.2. The normalized spacial score (nSPS) is 15.4. The summed E-state index contributed by atoms with van der Waals surface area (Å²) in [7, 11) is 3.11. The van der Waals surface area contributed by atoms with Crippen LogP contribution in [0.3, 0.4) is 0 Å². The molecule has 1 aliphatic carbocycles. The van der Waals surface area contributed by atoms with Crippen molar-refractivity contribution >= 4 is 29.0 Å². The van der Waals surface area contributed by atoms with Gasteiger partial charge in [-0.25, -0.2) is 0 Å². The van der Waals surface area contributed by atoms with Gasteiger partial charge in [-0.3, -0.25) is 14.3 Å². The largest absolute Gasteiger partial charge is 0.494 e. The molecule has 2 aliphatic rings. The first-order valence-corrected chi connectivity index (χ1v) is 11.2. The third-order valence-corrected chi connectivity index (χ3v) is 5.94. The summed E-state index contributed by atoms with van der Waals surface area (Å²) in [6.07, 6.45) is 3.71. The minimum Gasteiger partial charge on any atom is -0.494 e. The van der Waals surface area contributed by atoms with Crippen LogP contribution in [0.25, 0.3) is 11.3 Å². The lowest BCUT2D eigenvalue weighted by molar-refractivity contribution is -0.117. The van der Waals surface area contributed by atoms with E-state index in [9.17, 15) is 9.59 Å². The van der Waals surface area contributed by atoms with E-state index in [1.807, 2.05) is 35.1 Å². The molecule has 34 heavy (non-hydrogen) atoms. The number of hydrogen-bond donors (Lipinski definition) is 4. The van der Waals surface area contributed by atoms with Gasteiger partial charge in [0.05, 0.1) is 30.2 Å². The zero-order chi connectivity index (χ0) is 23.7. The average Bonchev–Trinajstić information content (AvgIpc) is 3.56. The lowest BCUT2D eigenvalue weighted by Gasteiger charge is -2.27. The summed E-state index contributed by atoms with van der Waals surface area (Å²) in [6, 6.07) is 9.56. The van der Waals surface area contributed by atoms with E-state index in [-0.39, 0.29) is 23.3 Å². The molecule has 5 rings (SSSR count). The SMILES string of the molecule is CNC(=O)c1nnc(NC(=O)C2CC2)cc1Nc1cccc(-c2ccn(C3CNC3)n2)c1OC. The molecule has 11 nitrogen and oxygen atoms in total. The molecular formula is C23H26N8O3. The summed E-state index contributed by atoms with van der Waals surface area (Å²) in [4.78, 5) is 24.6. The highest BCUT2D eigenvalue weighted by atomic mass is 16.5. The number of methoxy groups -OCH3 is 1. The second-order valence-corrected chi connectivity index (χ2v) is 8.34. The first-order chi connectivity index (χ1) is 16.6. The molecule has 0 spiro atoms. The van der Waals surface area contributed by atoms with Gasteiger partial charge >= 0.3 is 0 Å². The molecule has 3 aromatic rings. The number of hydrogen-bond acceptors (Lipinski definition) is 8. The number of para-hydroxylation sites is 1. The molecule has 2 aromatic heterocycles. The van der Waals surface area contributed by atoms with Gasteiger partial charge in [0.15, 0.2) is 17.3 Å². The van der Waals surface area contributed by atoms with Crippen LogP contribution in [-0.4, -0.2) is 59.0 Å². The Hall–Kier alpha value is -3.99. The molecule has 1 aromatic carbocycles. The zero-order valence-corrected chi connectivity index (χ0v) is 19.0. The average molecular weight is 463 g/mol. The van der Waals surface area contributed by atoms with Crippen molar-refractivity contribution in [1.82, 2.24) is 30.6 Å². The molecule has 2 amide bonds. The number of anilines is 3. The van der Waals surface area contributed by atoms with Crippen LogP contribution in [0.15, 0.2) is 36.5 Å². The Labute approximate surface area is 196 Å². The number of nitrogens with zero attached hydrogens (tertiary/aromatic N) is 4. The number of benzene rings is 1. The van der Waals surface area contributed by atoms with E-state index >= 15 is 0 Å². The Balaban J connectivity index is 1.47. The van der Waals surface area contributed by atoms with Crippen molar-refractivity contribution < 1.29 is 14.3 Å². The molecule has 0 unspecified atom stereocenters. The molecule has 2 fully saturated rings. The molecule has 0 atom stereocenters. The van der Waals surface area contributed by atoms with E-state index in [4.69, 9.17) is 9.84 Å². The predicted molar refractivity (Wildman–Crippen MR) is 126 cm³/mol. The van der Waals surface area contributed by atoms with Crippen LogP contribution in [0, 0.1) is 5.92 Å². The van der Waals surface area contributed by atoms with E-state index in [1.165, 1.54) is 7.05 Å². The number of aromatic nitrogens is 4. The molecule has 0 bridgehead atoms. The second-order valence-electron chi connectivity index (χ2n) is 8.34. The minimum atomic E-state index is -0.405. The summed E-state index contributed by atoms with van der Waals surface area (Å²) >= 11 is 0. The maximum atomic E-state index is 12.4. The minimum absolute atomic E-state index is 0.0177. The van der Waals surface area contributed by atoms with Crippen LogP contribution in [0.5, 0.6) is 5.75 Å². The number of ether oxygens (including phenoxy) is 1. The number of rotatable bonds is 8. The van der Waals surface area contributed by atoms with Crippen molar-refractivity contribution in [3.05, 3.63) is 42.2 Å². The lowest BCUT2D eigenvalue weighted by atomic mass is 10.1. The molecule has 0 radical (unpaired) electrons. The highest BCUT2D eigenvalue weighted by Crippen LogP contribution is 2.38. The van der Waals surface area contributed by atoms with Gasteiger partial charge in [-0.05, 0) is 31.0 Å². The highest BCUT2D eigenvalue weighted by molar-refractivity contribution is 6.00. The standard InChI is InChI=1S/C23H26N8O3/c1-24-23(33)20-18(10-19(28-29-20)27-22(32)13-6-7-13)26-17-5-3-4-15(21(17)34-2)16-8-9-31(30-16)14-11-25-12-14/h3-5,8-10,13-14,25H,6-7,11-12H2,1-2H3,(H,24,33)(H2,26,27,28,32). The summed E-state index contributed by atoms with van der Waals surface area (Å²) in [5.74, 6) is 0.365. The first kappa shape index (κ1) is 21.8. The van der Waals surface area contributed by atoms with Gasteiger partial charge in [0.25, 0.3) is 5.91 Å². The maximum absolute atomic E-state index is 12.4. The molecule has 4 N–H and O–H groups in total. The third kappa shape index (κ3) is 4.29. The van der Waals surface area contributed by atoms with E-state index < -0.39 is 5.91 Å². The Bertz CT molecular complexity index is 1230. The fourth-order valence-electron chi connectivity index (χ4n) is 3.76. The lowest BCUT2D eigenvalue weighted by Crippen LogP contribution is -2.43. The summed E-state index contributed by atoms with van der Waals surface area (Å²) in [5.41, 5.74) is 2.70. The van der Waals surface area contributed by atoms with E-state index in [0.717, 1.165) is 37.2 Å². The molecule has 1 aliphatic heterocycles. The smallest absolute Gasteiger partial charge is 0.273 e. The fraction of sp³-hybridized carbons (Fsp3) is 0.348. The highest BCUT2D eigenvalue weighted by Gasteiger charge is 2.30. The van der Waals surface area contributed by atoms with Gasteiger partial charge in [0.1, 0.15) is 0 Å². The Kier molecular flexibility index (Phi) is 5.84. The monoisotopic (exact) mass is 462 g/mol. The van der Waals surface area contributed by atoms with Crippen LogP contribution in [0.1, 0.15) is 29.4 Å². The van der Waals surface area contributed by atoms with E-state index in [2.05, 4.69) is 31.5 Å². The van der Waals surface area contributed by atoms with Crippen molar-refractivity contribution in [3.8, 4) is 17.0 Å². The Morgan fingerprint density at radius 2 is 1.97 bits per heavy atom. The maximum Gasteiger partial charge on any atom is 0.273 e. The van der Waals surface area contributed by atoms with Crippen LogP contribution in [0.2, 0.25) is 0 Å². The Morgan fingerprint density at radius 1 is 1.15 bits per heavy atom. The molecule has 176 valence electrons. The van der Waals surface area contributed by atoms with Gasteiger partial charge < -0.3 is 26.0 Å². The van der Waals surface area contributed by atoms with Gasteiger partial charge in [0, 0.05) is 43.9 Å². The summed E-state index contributed by atoms with van der Waals surface area (Å²) in [6.45, 7) is 1.80. The zero-order valence-electron chi connectivity index (χ0n) is 19.0. The predicted octanol–water partition coefficient (Wildman–Crippen LogP) is 1.94. The van der Waals surface area contributed by atoms with Crippen molar-refractivity contribution in [2.45, 2.75) is 18.9 Å². The molecular weight excluding hydrogens is 436 g/mol. The molecule has 1 saturated heterocycles.